The molecule has 0 spiro atoms. The summed E-state index contributed by atoms with van der Waals surface area (Å²) in [5.41, 5.74) is 0. The number of hydrogen-bond donors (Lipinski definition) is 1. The van der Waals surface area contributed by atoms with Gasteiger partial charge in [0.2, 0.25) is 0 Å². The molecule has 0 aliphatic carbocycles. The van der Waals surface area contributed by atoms with Crippen molar-refractivity contribution in [2.45, 2.75) is 57.8 Å². The summed E-state index contributed by atoms with van der Waals surface area (Å²) in [5, 5.41) is 8.02. The summed E-state index contributed by atoms with van der Waals surface area (Å²) in [6, 6.07) is 1.45. The fourth-order valence-corrected chi connectivity index (χ4v) is 3.17. The Morgan fingerprint density at radius 1 is 1.33 bits per heavy atom. The lowest BCUT2D eigenvalue weighted by molar-refractivity contribution is 0.240. The minimum atomic E-state index is 0.694. The molecule has 1 N–H and O–H groups in total. The molecular weight excluding hydrogens is 226 g/mol. The van der Waals surface area contributed by atoms with Crippen molar-refractivity contribution >= 4 is 0 Å². The van der Waals surface area contributed by atoms with Crippen LogP contribution >= 0.6 is 0 Å². The molecule has 2 aliphatic heterocycles. The Morgan fingerprint density at radius 3 is 3.11 bits per heavy atom. The van der Waals surface area contributed by atoms with Crippen LogP contribution in [0.3, 0.4) is 0 Å². The highest BCUT2D eigenvalue weighted by Gasteiger charge is 2.29. The second-order valence-electron chi connectivity index (χ2n) is 5.56. The van der Waals surface area contributed by atoms with Crippen molar-refractivity contribution in [3.05, 3.63) is 12.2 Å². The van der Waals surface area contributed by atoms with Crippen LogP contribution in [0.4, 0.5) is 0 Å². The minimum absolute atomic E-state index is 0.694. The first-order valence-corrected chi connectivity index (χ1v) is 7.20. The maximum atomic E-state index is 4.41. The maximum absolute atomic E-state index is 4.41. The molecule has 2 fully saturated rings. The lowest BCUT2D eigenvalue weighted by atomic mass is 10.1. The molecule has 18 heavy (non-hydrogen) atoms. The van der Waals surface area contributed by atoms with Gasteiger partial charge in [0.1, 0.15) is 12.2 Å². The first kappa shape index (κ1) is 12.1. The molecule has 0 radical (unpaired) electrons. The highest BCUT2D eigenvalue weighted by Crippen LogP contribution is 2.21. The zero-order chi connectivity index (χ0) is 12.4. The van der Waals surface area contributed by atoms with Crippen LogP contribution in [0.2, 0.25) is 0 Å². The Labute approximate surface area is 109 Å². The lowest BCUT2D eigenvalue weighted by Gasteiger charge is -2.23. The Balaban J connectivity index is 1.63. The predicted octanol–water partition coefficient (Wildman–Crippen LogP) is 1.01. The standard InChI is InChI=1S/C13H23N5/c1-2-6-18-13(14-10-15-18)9-17-7-5-11-3-4-12(8-17)16-11/h10-12,16H,2-9H2,1H3. The van der Waals surface area contributed by atoms with Gasteiger partial charge in [-0.15, -0.1) is 0 Å². The first-order valence-electron chi connectivity index (χ1n) is 7.20. The Kier molecular flexibility index (Phi) is 3.61. The largest absolute Gasteiger partial charge is 0.310 e. The highest BCUT2D eigenvalue weighted by molar-refractivity contribution is 4.92. The van der Waals surface area contributed by atoms with E-state index in [0.717, 1.165) is 37.9 Å². The van der Waals surface area contributed by atoms with Gasteiger partial charge < -0.3 is 5.32 Å². The summed E-state index contributed by atoms with van der Waals surface area (Å²) in [7, 11) is 0. The Hall–Kier alpha value is -0.940. The van der Waals surface area contributed by atoms with Gasteiger partial charge in [0.05, 0.1) is 6.54 Å². The number of hydrogen-bond acceptors (Lipinski definition) is 4. The second-order valence-corrected chi connectivity index (χ2v) is 5.56. The fraction of sp³-hybridized carbons (Fsp3) is 0.846. The predicted molar refractivity (Wildman–Crippen MR) is 70.2 cm³/mol. The van der Waals surface area contributed by atoms with E-state index in [1.165, 1.54) is 25.8 Å². The summed E-state index contributed by atoms with van der Waals surface area (Å²) in [5.74, 6) is 1.12. The van der Waals surface area contributed by atoms with E-state index in [9.17, 15) is 0 Å². The van der Waals surface area contributed by atoms with Crippen LogP contribution in [0, 0.1) is 0 Å². The van der Waals surface area contributed by atoms with E-state index in [4.69, 9.17) is 0 Å². The van der Waals surface area contributed by atoms with Crippen molar-refractivity contribution in [2.75, 3.05) is 13.1 Å². The van der Waals surface area contributed by atoms with Crippen LogP contribution in [0.15, 0.2) is 6.33 Å². The van der Waals surface area contributed by atoms with Crippen LogP contribution in [-0.4, -0.2) is 44.8 Å². The summed E-state index contributed by atoms with van der Waals surface area (Å²) in [4.78, 5) is 6.95. The molecule has 3 rings (SSSR count). The maximum Gasteiger partial charge on any atom is 0.141 e. The van der Waals surface area contributed by atoms with Crippen molar-refractivity contribution < 1.29 is 0 Å². The highest BCUT2D eigenvalue weighted by atomic mass is 15.3. The molecule has 5 heteroatoms. The molecule has 2 atom stereocenters. The minimum Gasteiger partial charge on any atom is -0.310 e. The van der Waals surface area contributed by atoms with Gasteiger partial charge in [-0.1, -0.05) is 6.92 Å². The number of aromatic nitrogens is 3. The topological polar surface area (TPSA) is 46.0 Å². The summed E-state index contributed by atoms with van der Waals surface area (Å²) in [6.07, 6.45) is 6.78. The molecule has 100 valence electrons. The van der Waals surface area contributed by atoms with E-state index in [-0.39, 0.29) is 0 Å². The van der Waals surface area contributed by atoms with Gasteiger partial charge in [-0.05, 0) is 25.7 Å². The van der Waals surface area contributed by atoms with Crippen LogP contribution in [0.5, 0.6) is 0 Å². The summed E-state index contributed by atoms with van der Waals surface area (Å²) in [6.45, 7) is 6.46. The van der Waals surface area contributed by atoms with Gasteiger partial charge in [-0.2, -0.15) is 5.10 Å². The van der Waals surface area contributed by atoms with Gasteiger partial charge in [-0.25, -0.2) is 9.67 Å². The normalized spacial score (nSPS) is 28.5. The third-order valence-corrected chi connectivity index (χ3v) is 4.10. The molecule has 3 heterocycles. The van der Waals surface area contributed by atoms with E-state index in [1.54, 1.807) is 6.33 Å². The molecule has 1 aromatic rings. The number of fused-ring (bicyclic) bond motifs is 2. The van der Waals surface area contributed by atoms with Crippen molar-refractivity contribution in [3.63, 3.8) is 0 Å². The average molecular weight is 249 g/mol. The quantitative estimate of drug-likeness (QED) is 0.865. The SMILES string of the molecule is CCCn1ncnc1CN1CCC2CCC(C1)N2. The van der Waals surface area contributed by atoms with Crippen LogP contribution in [0.25, 0.3) is 0 Å². The number of rotatable bonds is 4. The lowest BCUT2D eigenvalue weighted by Crippen LogP contribution is -2.35. The van der Waals surface area contributed by atoms with Crippen molar-refractivity contribution in [3.8, 4) is 0 Å². The number of likely N-dealkylation sites (tertiary alicyclic amines) is 1. The molecule has 0 amide bonds. The van der Waals surface area contributed by atoms with Gasteiger partial charge in [0.15, 0.2) is 0 Å². The first-order chi connectivity index (χ1) is 8.85. The number of nitrogens with zero attached hydrogens (tertiary/aromatic N) is 4. The van der Waals surface area contributed by atoms with E-state index < -0.39 is 0 Å². The fourth-order valence-electron chi connectivity index (χ4n) is 3.17. The van der Waals surface area contributed by atoms with Gasteiger partial charge in [0.25, 0.3) is 0 Å². The van der Waals surface area contributed by atoms with Gasteiger partial charge in [0, 0.05) is 31.7 Å². The zero-order valence-corrected chi connectivity index (χ0v) is 11.2. The summed E-state index contributed by atoms with van der Waals surface area (Å²) >= 11 is 0. The van der Waals surface area contributed by atoms with E-state index in [0.29, 0.717) is 6.04 Å². The molecule has 0 aromatic carbocycles. The number of aryl methyl sites for hydroxylation is 1. The smallest absolute Gasteiger partial charge is 0.141 e. The zero-order valence-electron chi connectivity index (χ0n) is 11.2. The van der Waals surface area contributed by atoms with E-state index in [1.807, 2.05) is 0 Å². The molecular formula is C13H23N5. The number of nitrogens with one attached hydrogen (secondary N) is 1. The van der Waals surface area contributed by atoms with Crippen molar-refractivity contribution in [1.82, 2.24) is 25.0 Å². The third-order valence-electron chi connectivity index (χ3n) is 4.10. The van der Waals surface area contributed by atoms with Crippen molar-refractivity contribution in [2.24, 2.45) is 0 Å². The Bertz CT molecular complexity index is 388. The average Bonchev–Trinajstić information content (AvgIpc) is 2.90. The molecule has 2 saturated heterocycles. The van der Waals surface area contributed by atoms with Crippen LogP contribution in [0.1, 0.15) is 38.4 Å². The van der Waals surface area contributed by atoms with Crippen LogP contribution < -0.4 is 5.32 Å². The monoisotopic (exact) mass is 249 g/mol. The summed E-state index contributed by atoms with van der Waals surface area (Å²) < 4.78 is 2.05. The molecule has 5 nitrogen and oxygen atoms in total. The van der Waals surface area contributed by atoms with Gasteiger partial charge >= 0.3 is 0 Å². The molecule has 0 saturated carbocycles. The van der Waals surface area contributed by atoms with E-state index >= 15 is 0 Å². The molecule has 1 aromatic heterocycles. The molecule has 2 unspecified atom stereocenters. The molecule has 2 aliphatic rings. The van der Waals surface area contributed by atoms with E-state index in [2.05, 4.69) is 31.9 Å². The molecule has 2 bridgehead atoms. The second kappa shape index (κ2) is 5.36. The van der Waals surface area contributed by atoms with Crippen molar-refractivity contribution in [1.29, 1.82) is 0 Å². The van der Waals surface area contributed by atoms with Gasteiger partial charge in [-0.3, -0.25) is 4.90 Å². The third kappa shape index (κ3) is 2.57. The van der Waals surface area contributed by atoms with Crippen LogP contribution in [-0.2, 0) is 13.1 Å². The Morgan fingerprint density at radius 2 is 2.22 bits per heavy atom.